The van der Waals surface area contributed by atoms with Gasteiger partial charge in [0.05, 0.1) is 17.2 Å². The summed E-state index contributed by atoms with van der Waals surface area (Å²) in [5.41, 5.74) is 3.74. The summed E-state index contributed by atoms with van der Waals surface area (Å²) < 4.78 is 28.5. The summed E-state index contributed by atoms with van der Waals surface area (Å²) in [5, 5.41) is 11.5. The van der Waals surface area contributed by atoms with Crippen LogP contribution in [0.5, 0.6) is 0 Å². The highest BCUT2D eigenvalue weighted by molar-refractivity contribution is 7.99. The Balaban J connectivity index is 1.65. The maximum absolute atomic E-state index is 12.5. The summed E-state index contributed by atoms with van der Waals surface area (Å²) in [6, 6.07) is 13.1. The molecule has 3 rings (SSSR count). The van der Waals surface area contributed by atoms with E-state index in [9.17, 15) is 13.2 Å². The van der Waals surface area contributed by atoms with Crippen molar-refractivity contribution < 1.29 is 13.2 Å². The van der Waals surface area contributed by atoms with E-state index in [2.05, 4.69) is 20.2 Å². The van der Waals surface area contributed by atoms with Crippen LogP contribution in [-0.2, 0) is 14.8 Å². The van der Waals surface area contributed by atoms with Crippen molar-refractivity contribution in [3.63, 3.8) is 0 Å². The van der Waals surface area contributed by atoms with Crippen LogP contribution < -0.4 is 10.0 Å². The number of amides is 1. The van der Waals surface area contributed by atoms with Crippen LogP contribution in [0.15, 0.2) is 53.9 Å². The molecule has 0 spiro atoms. The van der Waals surface area contributed by atoms with E-state index in [1.54, 1.807) is 38.4 Å². The second-order valence-corrected chi connectivity index (χ2v) is 9.84. The van der Waals surface area contributed by atoms with E-state index >= 15 is 0 Å². The molecule has 1 aromatic heterocycles. The normalized spacial score (nSPS) is 11.3. The molecule has 0 unspecified atom stereocenters. The average molecular weight is 460 g/mol. The van der Waals surface area contributed by atoms with Crippen molar-refractivity contribution in [1.82, 2.24) is 14.8 Å². The molecular weight excluding hydrogens is 434 g/mol. The third kappa shape index (κ3) is 6.08. The van der Waals surface area contributed by atoms with Crippen LogP contribution in [0.2, 0.25) is 0 Å². The molecule has 8 nitrogen and oxygen atoms in total. The Morgan fingerprint density at radius 2 is 1.81 bits per heavy atom. The van der Waals surface area contributed by atoms with Gasteiger partial charge in [-0.2, -0.15) is 0 Å². The highest BCUT2D eigenvalue weighted by Gasteiger charge is 2.14. The molecule has 2 aromatic carbocycles. The molecule has 0 aliphatic rings. The molecule has 1 heterocycles. The van der Waals surface area contributed by atoms with Gasteiger partial charge in [-0.05, 0) is 50.1 Å². The van der Waals surface area contributed by atoms with Crippen molar-refractivity contribution in [2.45, 2.75) is 32.3 Å². The molecule has 164 valence electrons. The smallest absolute Gasteiger partial charge is 0.234 e. The Morgan fingerprint density at radius 3 is 2.52 bits per heavy atom. The number of nitrogens with zero attached hydrogens (tertiary/aromatic N) is 3. The van der Waals surface area contributed by atoms with E-state index in [1.165, 1.54) is 11.8 Å². The van der Waals surface area contributed by atoms with Crippen LogP contribution in [0.3, 0.4) is 0 Å². The van der Waals surface area contributed by atoms with E-state index < -0.39 is 10.0 Å². The van der Waals surface area contributed by atoms with Crippen molar-refractivity contribution in [2.24, 2.45) is 0 Å². The summed E-state index contributed by atoms with van der Waals surface area (Å²) in [7, 11) is -3.41. The Hall–Kier alpha value is -2.85. The number of thioether (sulfide) groups is 1. The summed E-state index contributed by atoms with van der Waals surface area (Å²) >= 11 is 1.27. The number of hydrogen-bond donors (Lipinski definition) is 2. The topological polar surface area (TPSA) is 106 Å². The maximum Gasteiger partial charge on any atom is 0.234 e. The van der Waals surface area contributed by atoms with E-state index in [0.717, 1.165) is 11.3 Å². The van der Waals surface area contributed by atoms with Crippen LogP contribution in [0, 0.1) is 13.8 Å². The number of nitrogens with one attached hydrogen (secondary N) is 2. The molecule has 0 bridgehead atoms. The number of anilines is 2. The number of aryl methyl sites for hydroxylation is 1. The summed E-state index contributed by atoms with van der Waals surface area (Å²) in [6.45, 7) is 5.59. The Bertz CT molecular complexity index is 1160. The fourth-order valence-electron chi connectivity index (χ4n) is 2.89. The number of carbonyl (C=O) groups excluding carboxylic acids is 1. The number of carbonyl (C=O) groups is 1. The monoisotopic (exact) mass is 459 g/mol. The molecule has 1 amide bonds. The molecule has 3 aromatic rings. The average Bonchev–Trinajstić information content (AvgIpc) is 3.18. The first-order chi connectivity index (χ1) is 14.8. The molecule has 0 aliphatic heterocycles. The molecular formula is C21H25N5O3S2. The lowest BCUT2D eigenvalue weighted by atomic mass is 10.1. The summed E-state index contributed by atoms with van der Waals surface area (Å²) in [6.07, 6.45) is 2.14. The lowest BCUT2D eigenvalue weighted by Crippen LogP contribution is -2.18. The highest BCUT2D eigenvalue weighted by atomic mass is 32.2. The Labute approximate surface area is 186 Å². The number of aromatic nitrogens is 3. The van der Waals surface area contributed by atoms with Crippen molar-refractivity contribution in [1.29, 1.82) is 0 Å². The lowest BCUT2D eigenvalue weighted by Gasteiger charge is -2.14. The second kappa shape index (κ2) is 9.97. The maximum atomic E-state index is 12.5. The summed E-state index contributed by atoms with van der Waals surface area (Å²) in [4.78, 5) is 12.5. The Kier molecular flexibility index (Phi) is 7.34. The fourth-order valence-corrected chi connectivity index (χ4v) is 4.82. The molecule has 0 fully saturated rings. The van der Waals surface area contributed by atoms with Gasteiger partial charge in [-0.25, -0.2) is 8.42 Å². The predicted molar refractivity (Wildman–Crippen MR) is 124 cm³/mol. The standard InChI is InChI=1S/C21H25N5O3S2/c1-4-12-31(28,29)25-19-7-5-6-18(16(19)3)23-20(27)13-30-21-24-22-14-26(21)17-10-8-15(2)9-11-17/h5-11,14,25H,4,12-13H2,1-3H3,(H,23,27). The molecule has 0 radical (unpaired) electrons. The fraction of sp³-hybridized carbons (Fsp3) is 0.286. The van der Waals surface area contributed by atoms with Crippen LogP contribution >= 0.6 is 11.8 Å². The molecule has 31 heavy (non-hydrogen) atoms. The molecule has 0 saturated heterocycles. The number of hydrogen-bond acceptors (Lipinski definition) is 6. The van der Waals surface area contributed by atoms with Gasteiger partial charge in [0, 0.05) is 11.4 Å². The largest absolute Gasteiger partial charge is 0.325 e. The zero-order chi connectivity index (χ0) is 22.4. The summed E-state index contributed by atoms with van der Waals surface area (Å²) in [5.74, 6) is -0.0444. The minimum atomic E-state index is -3.41. The first-order valence-electron chi connectivity index (χ1n) is 9.79. The first-order valence-corrected chi connectivity index (χ1v) is 12.4. The van der Waals surface area contributed by atoms with E-state index in [1.807, 2.05) is 35.8 Å². The third-order valence-corrected chi connectivity index (χ3v) is 6.93. The minimum Gasteiger partial charge on any atom is -0.325 e. The van der Waals surface area contributed by atoms with Gasteiger partial charge in [0.15, 0.2) is 5.16 Å². The molecule has 2 N–H and O–H groups in total. The zero-order valence-electron chi connectivity index (χ0n) is 17.6. The van der Waals surface area contributed by atoms with Crippen molar-refractivity contribution in [2.75, 3.05) is 21.5 Å². The van der Waals surface area contributed by atoms with Crippen LogP contribution in [0.4, 0.5) is 11.4 Å². The van der Waals surface area contributed by atoms with E-state index in [-0.39, 0.29) is 17.4 Å². The van der Waals surface area contributed by atoms with Gasteiger partial charge < -0.3 is 5.32 Å². The molecule has 0 saturated carbocycles. The van der Waals surface area contributed by atoms with Crippen molar-refractivity contribution in [3.8, 4) is 5.69 Å². The molecule has 0 aliphatic carbocycles. The van der Waals surface area contributed by atoms with E-state index in [0.29, 0.717) is 28.5 Å². The quantitative estimate of drug-likeness (QED) is 0.472. The zero-order valence-corrected chi connectivity index (χ0v) is 19.3. The second-order valence-electron chi connectivity index (χ2n) is 7.05. The van der Waals surface area contributed by atoms with Gasteiger partial charge in [0.25, 0.3) is 0 Å². The number of rotatable bonds is 9. The Morgan fingerprint density at radius 1 is 1.10 bits per heavy atom. The van der Waals surface area contributed by atoms with Crippen LogP contribution in [0.1, 0.15) is 24.5 Å². The van der Waals surface area contributed by atoms with Crippen LogP contribution in [-0.4, -0.2) is 40.6 Å². The van der Waals surface area contributed by atoms with Crippen molar-refractivity contribution >= 4 is 39.1 Å². The lowest BCUT2D eigenvalue weighted by molar-refractivity contribution is -0.113. The van der Waals surface area contributed by atoms with Gasteiger partial charge in [0.2, 0.25) is 15.9 Å². The van der Waals surface area contributed by atoms with Crippen molar-refractivity contribution in [3.05, 3.63) is 59.9 Å². The molecule has 0 atom stereocenters. The van der Waals surface area contributed by atoms with Gasteiger partial charge in [0.1, 0.15) is 6.33 Å². The van der Waals surface area contributed by atoms with Gasteiger partial charge >= 0.3 is 0 Å². The number of sulfonamides is 1. The SMILES string of the molecule is CCCS(=O)(=O)Nc1cccc(NC(=O)CSc2nncn2-c2ccc(C)cc2)c1C. The number of benzene rings is 2. The van der Waals surface area contributed by atoms with Gasteiger partial charge in [-0.15, -0.1) is 10.2 Å². The van der Waals surface area contributed by atoms with Gasteiger partial charge in [-0.1, -0.05) is 42.4 Å². The highest BCUT2D eigenvalue weighted by Crippen LogP contribution is 2.25. The van der Waals surface area contributed by atoms with Gasteiger partial charge in [-0.3, -0.25) is 14.1 Å². The van der Waals surface area contributed by atoms with E-state index in [4.69, 9.17) is 0 Å². The molecule has 10 heteroatoms. The minimum absolute atomic E-state index is 0.0430. The third-order valence-electron chi connectivity index (χ3n) is 4.51. The van der Waals surface area contributed by atoms with Crippen LogP contribution in [0.25, 0.3) is 5.69 Å². The predicted octanol–water partition coefficient (Wildman–Crippen LogP) is 3.77. The first kappa shape index (κ1) is 22.8.